The van der Waals surface area contributed by atoms with Gasteiger partial charge >= 0.3 is 11.9 Å². The van der Waals surface area contributed by atoms with Crippen LogP contribution in [0.2, 0.25) is 0 Å². The Morgan fingerprint density at radius 2 is 1.83 bits per heavy atom. The molecule has 3 rings (SSSR count). The van der Waals surface area contributed by atoms with Gasteiger partial charge in [0.05, 0.1) is 11.5 Å². The summed E-state index contributed by atoms with van der Waals surface area (Å²) >= 11 is 0. The number of urea groups is 1. The van der Waals surface area contributed by atoms with E-state index in [4.69, 9.17) is 14.7 Å². The van der Waals surface area contributed by atoms with Gasteiger partial charge in [0.25, 0.3) is 16.0 Å². The summed E-state index contributed by atoms with van der Waals surface area (Å²) in [6.45, 7) is 4.06. The Morgan fingerprint density at radius 1 is 1.23 bits per heavy atom. The number of hydrogen-bond donors (Lipinski definition) is 4. The molecule has 0 aliphatic carbocycles. The summed E-state index contributed by atoms with van der Waals surface area (Å²) < 4.78 is 48.1. The predicted molar refractivity (Wildman–Crippen MR) is 116 cm³/mol. The maximum absolute atomic E-state index is 14.3. The normalized spacial score (nSPS) is 30.2. The molecule has 1 saturated heterocycles. The zero-order chi connectivity index (χ0) is 26.3. The molecular formula is C21H27FN3O9S+. The van der Waals surface area contributed by atoms with Crippen molar-refractivity contribution in [3.8, 4) is 0 Å². The number of hydrogen-bond acceptors (Lipinski definition) is 10. The van der Waals surface area contributed by atoms with Gasteiger partial charge in [-0.15, -0.1) is 4.48 Å². The molecular weight excluding hydrogens is 489 g/mol. The molecule has 192 valence electrons. The van der Waals surface area contributed by atoms with E-state index in [1.807, 2.05) is 0 Å². The second-order valence-corrected chi connectivity index (χ2v) is 10.3. The van der Waals surface area contributed by atoms with Crippen LogP contribution in [-0.2, 0) is 28.6 Å². The number of aliphatic hydroxyl groups is 2. The highest BCUT2D eigenvalue weighted by molar-refractivity contribution is 7.86. The second-order valence-electron chi connectivity index (χ2n) is 8.72. The van der Waals surface area contributed by atoms with Crippen molar-refractivity contribution >= 4 is 28.0 Å². The molecule has 0 radical (unpaired) electrons. The molecule has 14 heteroatoms. The molecule has 1 aromatic rings. The number of ether oxygens (including phenoxy) is 1. The number of carbonyl (C=O) groups is 3. The molecule has 0 saturated carbocycles. The van der Waals surface area contributed by atoms with Crippen LogP contribution in [0.4, 0.5) is 9.18 Å². The molecule has 6 atom stereocenters. The van der Waals surface area contributed by atoms with E-state index in [2.05, 4.69) is 0 Å². The molecule has 4 amide bonds. The summed E-state index contributed by atoms with van der Waals surface area (Å²) in [6.07, 6.45) is -6.98. The first kappa shape index (κ1) is 27.0. The topological polar surface area (TPSA) is 182 Å². The third kappa shape index (κ3) is 4.91. The summed E-state index contributed by atoms with van der Waals surface area (Å²) in [7, 11) is -4.29. The Morgan fingerprint density at radius 3 is 2.40 bits per heavy atom. The molecule has 5 N–H and O–H groups in total. The van der Waals surface area contributed by atoms with Crippen molar-refractivity contribution in [1.82, 2.24) is 5.32 Å². The maximum atomic E-state index is 14.3. The van der Waals surface area contributed by atoms with Gasteiger partial charge in [-0.25, -0.2) is 14.9 Å². The van der Waals surface area contributed by atoms with Crippen LogP contribution in [0.3, 0.4) is 0 Å². The van der Waals surface area contributed by atoms with Crippen molar-refractivity contribution in [1.29, 1.82) is 0 Å². The monoisotopic (exact) mass is 516 g/mol. The third-order valence-corrected chi connectivity index (χ3v) is 7.19. The number of amides is 4. The van der Waals surface area contributed by atoms with Gasteiger partial charge in [0.15, 0.2) is 12.3 Å². The molecule has 35 heavy (non-hydrogen) atoms. The van der Waals surface area contributed by atoms with Crippen LogP contribution >= 0.6 is 0 Å². The number of nitrogens with two attached hydrogens (primary N) is 1. The fourth-order valence-electron chi connectivity index (χ4n) is 3.69. The highest BCUT2D eigenvalue weighted by Gasteiger charge is 2.64. The highest BCUT2D eigenvalue weighted by atomic mass is 32.2. The van der Waals surface area contributed by atoms with E-state index in [0.29, 0.717) is 6.20 Å². The minimum absolute atomic E-state index is 0.173. The van der Waals surface area contributed by atoms with E-state index in [9.17, 15) is 37.4 Å². The highest BCUT2D eigenvalue weighted by Crippen LogP contribution is 2.35. The Hall–Kier alpha value is -2.59. The van der Waals surface area contributed by atoms with E-state index in [-0.39, 0.29) is 4.90 Å². The summed E-state index contributed by atoms with van der Waals surface area (Å²) in [5.41, 5.74) is 6.71. The van der Waals surface area contributed by atoms with Crippen molar-refractivity contribution < 1.29 is 50.8 Å². The van der Waals surface area contributed by atoms with E-state index in [0.717, 1.165) is 5.56 Å². The van der Waals surface area contributed by atoms with Crippen LogP contribution in [0.1, 0.15) is 19.4 Å². The number of quaternary nitrogens is 1. The van der Waals surface area contributed by atoms with Crippen LogP contribution < -0.4 is 11.1 Å². The summed E-state index contributed by atoms with van der Waals surface area (Å²) in [4.78, 5) is 37.6. The zero-order valence-electron chi connectivity index (χ0n) is 19.1. The number of aliphatic hydroxyl groups excluding tert-OH is 2. The van der Waals surface area contributed by atoms with E-state index >= 15 is 0 Å². The van der Waals surface area contributed by atoms with Gasteiger partial charge in [-0.3, -0.25) is 8.98 Å². The lowest BCUT2D eigenvalue weighted by Crippen LogP contribution is -2.71. The lowest BCUT2D eigenvalue weighted by atomic mass is 10.0. The first-order valence-corrected chi connectivity index (χ1v) is 12.0. The zero-order valence-corrected chi connectivity index (χ0v) is 19.9. The number of carbonyl (C=O) groups excluding carboxylic acids is 3. The van der Waals surface area contributed by atoms with Gasteiger partial charge in [-0.05, 0) is 25.0 Å². The molecule has 2 heterocycles. The maximum Gasteiger partial charge on any atom is 0.438 e. The number of nitrogens with zero attached hydrogens (tertiary/aromatic N) is 1. The average molecular weight is 517 g/mol. The van der Waals surface area contributed by atoms with Gasteiger partial charge in [-0.2, -0.15) is 12.8 Å². The number of nitrogens with one attached hydrogen (secondary N) is 1. The first-order valence-electron chi connectivity index (χ1n) is 10.6. The van der Waals surface area contributed by atoms with Crippen LogP contribution in [0.5, 0.6) is 0 Å². The predicted octanol–water partition coefficient (Wildman–Crippen LogP) is -0.466. The lowest BCUT2D eigenvalue weighted by Gasteiger charge is -2.38. The molecule has 1 aromatic carbocycles. The SMILES string of the molecule is Cc1ccc(S(=O)(=O)OC[C@H]2O[C@@H]([N+]3(C(=O)[C@@H](N)C(C)C)C=C(F)C(=O)NC3=O)[C@H](O)[C@@H]2O)cc1. The molecule has 0 spiro atoms. The number of imide groups is 2. The Balaban J connectivity index is 1.92. The van der Waals surface area contributed by atoms with Gasteiger partial charge in [0.1, 0.15) is 18.2 Å². The standard InChI is InChI=1S/C21H26FN3O9S/c1-10(2)15(23)19(29)25(8-13(22)18(28)24-21(25)30)20-17(27)16(26)14(34-20)9-33-35(31,32)12-6-4-11(3)5-7-12/h4-8,10,14-17,20,26-27H,9,23H2,1-3H3/p+1/t14-,15+,16-,17-,20-,25?/m1/s1. The molecule has 1 unspecified atom stereocenters. The van der Waals surface area contributed by atoms with Crippen molar-refractivity contribution in [2.75, 3.05) is 6.61 Å². The van der Waals surface area contributed by atoms with Gasteiger partial charge < -0.3 is 20.7 Å². The largest absolute Gasteiger partial charge is 0.438 e. The number of halogens is 1. The Kier molecular flexibility index (Phi) is 7.57. The summed E-state index contributed by atoms with van der Waals surface area (Å²) in [6, 6.07) is 2.99. The number of rotatable bonds is 7. The van der Waals surface area contributed by atoms with Gasteiger partial charge in [0, 0.05) is 0 Å². The molecule has 1 fully saturated rings. The van der Waals surface area contributed by atoms with Gasteiger partial charge in [0.2, 0.25) is 12.1 Å². The Labute approximate surface area is 200 Å². The summed E-state index contributed by atoms with van der Waals surface area (Å²) in [5.74, 6) is -4.58. The fraction of sp³-hybridized carbons (Fsp3) is 0.476. The molecule has 2 aliphatic heterocycles. The fourth-order valence-corrected chi connectivity index (χ4v) is 4.61. The second kappa shape index (κ2) is 9.81. The van der Waals surface area contributed by atoms with Crippen LogP contribution in [0, 0.1) is 12.8 Å². The molecule has 12 nitrogen and oxygen atoms in total. The van der Waals surface area contributed by atoms with Crippen molar-refractivity contribution in [3.05, 3.63) is 41.9 Å². The minimum Gasteiger partial charge on any atom is -0.387 e. The van der Waals surface area contributed by atoms with Crippen LogP contribution in [-0.4, -0.2) is 78.1 Å². The minimum atomic E-state index is -4.29. The van der Waals surface area contributed by atoms with Crippen molar-refractivity contribution in [3.63, 3.8) is 0 Å². The third-order valence-electron chi connectivity index (χ3n) is 5.89. The molecule has 0 aromatic heterocycles. The van der Waals surface area contributed by atoms with Gasteiger partial charge in [-0.1, -0.05) is 31.5 Å². The first-order chi connectivity index (χ1) is 16.2. The van der Waals surface area contributed by atoms with E-state index in [1.54, 1.807) is 38.2 Å². The van der Waals surface area contributed by atoms with Crippen LogP contribution in [0.15, 0.2) is 41.2 Å². The molecule has 2 aliphatic rings. The quantitative estimate of drug-likeness (QED) is 0.273. The van der Waals surface area contributed by atoms with E-state index < -0.39 is 81.4 Å². The number of benzene rings is 1. The van der Waals surface area contributed by atoms with Crippen LogP contribution in [0.25, 0.3) is 0 Å². The van der Waals surface area contributed by atoms with E-state index in [1.165, 1.54) is 12.1 Å². The number of aryl methyl sites for hydroxylation is 1. The lowest BCUT2D eigenvalue weighted by molar-refractivity contribution is -0.785. The Bertz CT molecular complexity index is 1160. The molecule has 0 bridgehead atoms. The smallest absolute Gasteiger partial charge is 0.387 e. The summed E-state index contributed by atoms with van der Waals surface area (Å²) in [5, 5.41) is 22.8. The van der Waals surface area contributed by atoms with Crippen molar-refractivity contribution in [2.24, 2.45) is 11.7 Å². The average Bonchev–Trinajstić information content (AvgIpc) is 3.08. The van der Waals surface area contributed by atoms with Crippen molar-refractivity contribution in [2.45, 2.75) is 56.2 Å².